The van der Waals surface area contributed by atoms with E-state index in [-0.39, 0.29) is 9.79 Å². The van der Waals surface area contributed by atoms with Gasteiger partial charge in [0.15, 0.2) is 0 Å². The van der Waals surface area contributed by atoms with Crippen molar-refractivity contribution in [1.29, 1.82) is 0 Å². The first-order chi connectivity index (χ1) is 13.6. The summed E-state index contributed by atoms with van der Waals surface area (Å²) in [6.45, 7) is 7.14. The van der Waals surface area contributed by atoms with Crippen molar-refractivity contribution in [3.05, 3.63) is 54.1 Å². The number of benzene rings is 2. The van der Waals surface area contributed by atoms with Gasteiger partial charge in [0.25, 0.3) is 10.0 Å². The molecular weight excluding hydrogens is 408 g/mol. The topological polar surface area (TPSA) is 83.5 Å². The fourth-order valence-corrected chi connectivity index (χ4v) is 6.50. The molecule has 3 rings (SSSR count). The first-order valence-corrected chi connectivity index (χ1v) is 12.8. The van der Waals surface area contributed by atoms with Crippen molar-refractivity contribution in [2.75, 3.05) is 17.8 Å². The highest BCUT2D eigenvalue weighted by Crippen LogP contribution is 2.27. The average Bonchev–Trinajstić information content (AvgIpc) is 2.67. The van der Waals surface area contributed by atoms with E-state index in [1.807, 2.05) is 6.92 Å². The number of anilines is 1. The third-order valence-electron chi connectivity index (χ3n) is 5.22. The second-order valence-corrected chi connectivity index (χ2v) is 11.5. The molecule has 0 bridgehead atoms. The number of nitrogens with zero attached hydrogens (tertiary/aromatic N) is 1. The van der Waals surface area contributed by atoms with Crippen molar-refractivity contribution in [2.24, 2.45) is 11.8 Å². The van der Waals surface area contributed by atoms with Crippen LogP contribution in [0, 0.1) is 11.8 Å². The zero-order valence-electron chi connectivity index (χ0n) is 17.0. The van der Waals surface area contributed by atoms with E-state index in [1.54, 1.807) is 24.3 Å². The summed E-state index contributed by atoms with van der Waals surface area (Å²) in [4.78, 5) is 0.344. The van der Waals surface area contributed by atoms with Crippen LogP contribution in [-0.2, 0) is 26.5 Å². The maximum Gasteiger partial charge on any atom is 0.261 e. The molecule has 0 aliphatic carbocycles. The van der Waals surface area contributed by atoms with Gasteiger partial charge in [0.2, 0.25) is 10.0 Å². The summed E-state index contributed by atoms with van der Waals surface area (Å²) in [5.74, 6) is 0.636. The molecule has 0 saturated carbocycles. The van der Waals surface area contributed by atoms with Gasteiger partial charge in [0.05, 0.1) is 9.79 Å². The van der Waals surface area contributed by atoms with E-state index in [4.69, 9.17) is 0 Å². The number of rotatable bonds is 6. The summed E-state index contributed by atoms with van der Waals surface area (Å²) in [6.07, 6.45) is 1.85. The van der Waals surface area contributed by atoms with Gasteiger partial charge in [0, 0.05) is 18.8 Å². The average molecular weight is 437 g/mol. The fraction of sp³-hybridized carbons (Fsp3) is 0.429. The van der Waals surface area contributed by atoms with E-state index in [0.29, 0.717) is 30.6 Å². The Morgan fingerprint density at radius 2 is 1.38 bits per heavy atom. The van der Waals surface area contributed by atoms with E-state index < -0.39 is 20.0 Å². The van der Waals surface area contributed by atoms with Gasteiger partial charge in [-0.25, -0.2) is 16.8 Å². The van der Waals surface area contributed by atoms with Crippen LogP contribution in [0.25, 0.3) is 0 Å². The lowest BCUT2D eigenvalue weighted by molar-refractivity contribution is 0.222. The Balaban J connectivity index is 1.77. The molecule has 6 nitrogen and oxygen atoms in total. The third kappa shape index (κ3) is 4.99. The zero-order valence-corrected chi connectivity index (χ0v) is 18.6. The predicted molar refractivity (Wildman–Crippen MR) is 115 cm³/mol. The summed E-state index contributed by atoms with van der Waals surface area (Å²) in [5, 5.41) is 0. The molecular formula is C21H28N2O4S2. The number of hydrogen-bond acceptors (Lipinski definition) is 4. The van der Waals surface area contributed by atoms with Crippen LogP contribution >= 0.6 is 0 Å². The third-order valence-corrected chi connectivity index (χ3v) is 8.46. The van der Waals surface area contributed by atoms with Crippen LogP contribution in [0.2, 0.25) is 0 Å². The molecule has 1 aliphatic rings. The lowest BCUT2D eigenvalue weighted by atomic mass is 9.94. The van der Waals surface area contributed by atoms with Crippen LogP contribution in [-0.4, -0.2) is 34.2 Å². The van der Waals surface area contributed by atoms with Crippen molar-refractivity contribution in [3.8, 4) is 0 Å². The lowest BCUT2D eigenvalue weighted by Gasteiger charge is -2.34. The molecule has 0 amide bonds. The van der Waals surface area contributed by atoms with Crippen molar-refractivity contribution in [1.82, 2.24) is 4.31 Å². The first-order valence-electron chi connectivity index (χ1n) is 9.84. The minimum Gasteiger partial charge on any atom is -0.280 e. The quantitative estimate of drug-likeness (QED) is 0.748. The second kappa shape index (κ2) is 8.45. The molecule has 0 aromatic heterocycles. The molecule has 0 spiro atoms. The standard InChI is InChI=1S/C21H28N2O4S2/c1-4-18-5-9-20(10-6-18)28(24,25)22-19-7-11-21(12-8-19)29(26,27)23-14-16(2)13-17(3)15-23/h5-12,16-17,22H,4,13-15H2,1-3H3/t16-,17-/m1/s1. The molecule has 0 radical (unpaired) electrons. The predicted octanol–water partition coefficient (Wildman–Crippen LogP) is 3.72. The molecule has 0 unspecified atom stereocenters. The highest BCUT2D eigenvalue weighted by Gasteiger charge is 2.31. The van der Waals surface area contributed by atoms with Crippen LogP contribution in [0.1, 0.15) is 32.8 Å². The van der Waals surface area contributed by atoms with E-state index in [0.717, 1.165) is 18.4 Å². The van der Waals surface area contributed by atoms with Crippen LogP contribution < -0.4 is 4.72 Å². The van der Waals surface area contributed by atoms with E-state index >= 15 is 0 Å². The van der Waals surface area contributed by atoms with Crippen molar-refractivity contribution in [2.45, 2.75) is 43.4 Å². The van der Waals surface area contributed by atoms with E-state index in [9.17, 15) is 16.8 Å². The molecule has 2 aromatic carbocycles. The van der Waals surface area contributed by atoms with Crippen molar-refractivity contribution >= 4 is 25.7 Å². The first kappa shape index (κ1) is 21.8. The number of sulfonamides is 2. The lowest BCUT2D eigenvalue weighted by Crippen LogP contribution is -2.42. The highest BCUT2D eigenvalue weighted by molar-refractivity contribution is 7.92. The van der Waals surface area contributed by atoms with Gasteiger partial charge in [-0.1, -0.05) is 32.9 Å². The Kier molecular flexibility index (Phi) is 6.36. The Bertz CT molecular complexity index is 1040. The van der Waals surface area contributed by atoms with Crippen LogP contribution in [0.3, 0.4) is 0 Å². The van der Waals surface area contributed by atoms with Crippen LogP contribution in [0.15, 0.2) is 58.3 Å². The Hall–Kier alpha value is -1.90. The summed E-state index contributed by atoms with van der Waals surface area (Å²) in [7, 11) is -7.32. The molecule has 2 aromatic rings. The van der Waals surface area contributed by atoms with Gasteiger partial charge in [-0.05, 0) is 66.6 Å². The summed E-state index contributed by atoms with van der Waals surface area (Å²) in [6, 6.07) is 12.6. The Morgan fingerprint density at radius 1 is 0.862 bits per heavy atom. The molecule has 1 aliphatic heterocycles. The van der Waals surface area contributed by atoms with Gasteiger partial charge in [-0.3, -0.25) is 4.72 Å². The minimum atomic E-state index is -3.73. The van der Waals surface area contributed by atoms with Gasteiger partial charge in [-0.15, -0.1) is 0 Å². The smallest absolute Gasteiger partial charge is 0.261 e. The Labute approximate surface area is 174 Å². The second-order valence-electron chi connectivity index (χ2n) is 7.90. The molecule has 1 heterocycles. The van der Waals surface area contributed by atoms with E-state index in [2.05, 4.69) is 18.6 Å². The largest absolute Gasteiger partial charge is 0.280 e. The maximum atomic E-state index is 12.9. The summed E-state index contributed by atoms with van der Waals surface area (Å²) in [5.41, 5.74) is 1.38. The number of aryl methyl sites for hydroxylation is 1. The molecule has 158 valence electrons. The number of hydrogen-bond donors (Lipinski definition) is 1. The van der Waals surface area contributed by atoms with Crippen LogP contribution in [0.5, 0.6) is 0 Å². The van der Waals surface area contributed by atoms with E-state index in [1.165, 1.54) is 28.6 Å². The monoisotopic (exact) mass is 436 g/mol. The summed E-state index contributed by atoms with van der Waals surface area (Å²) >= 11 is 0. The highest BCUT2D eigenvalue weighted by atomic mass is 32.2. The number of nitrogens with one attached hydrogen (secondary N) is 1. The fourth-order valence-electron chi connectivity index (χ4n) is 3.76. The molecule has 2 atom stereocenters. The summed E-state index contributed by atoms with van der Waals surface area (Å²) < 4.78 is 55.1. The Morgan fingerprint density at radius 3 is 1.90 bits per heavy atom. The number of piperidine rings is 1. The SMILES string of the molecule is CCc1ccc(S(=O)(=O)Nc2ccc(S(=O)(=O)N3C[C@H](C)C[C@@H](C)C3)cc2)cc1. The van der Waals surface area contributed by atoms with Gasteiger partial charge < -0.3 is 0 Å². The van der Waals surface area contributed by atoms with Crippen LogP contribution in [0.4, 0.5) is 5.69 Å². The normalized spacial score (nSPS) is 21.1. The van der Waals surface area contributed by atoms with Gasteiger partial charge >= 0.3 is 0 Å². The molecule has 1 fully saturated rings. The minimum absolute atomic E-state index is 0.169. The van der Waals surface area contributed by atoms with Crippen molar-refractivity contribution < 1.29 is 16.8 Å². The molecule has 1 N–H and O–H groups in total. The molecule has 8 heteroatoms. The van der Waals surface area contributed by atoms with Crippen molar-refractivity contribution in [3.63, 3.8) is 0 Å². The maximum absolute atomic E-state index is 12.9. The molecule has 1 saturated heterocycles. The zero-order chi connectivity index (χ0) is 21.2. The molecule has 29 heavy (non-hydrogen) atoms. The van der Waals surface area contributed by atoms with Gasteiger partial charge in [0.1, 0.15) is 0 Å². The van der Waals surface area contributed by atoms with Gasteiger partial charge in [-0.2, -0.15) is 4.31 Å².